The standard InChI is InChI=1S/C45H56FN3O7S/c1-2-23-54-45-41(57-25-18-33-29-47-19-20-48-33)28-39(49-56-42-15-7-10-24-52-42)36-26-31(11-5-8-21-50)35(13-6-9-22-51)43(44(36)45)37-27-34(16-17-40(37)55-45)53-30-32-12-3-4-14-38(32)46/h2-4,12,14,16-17,19-20,26-27,29,31,35,41-44,50-51H,1,5-11,13,15,18,21-25,28,30H2. The summed E-state index contributed by atoms with van der Waals surface area (Å²) in [5.74, 6) is 0.630. The molecule has 3 heterocycles. The minimum atomic E-state index is -1.09. The van der Waals surface area contributed by atoms with Gasteiger partial charge in [-0.3, -0.25) is 9.97 Å². The summed E-state index contributed by atoms with van der Waals surface area (Å²) in [7, 11) is 0. The fraction of sp³-hybridized carbons (Fsp3) is 0.533. The molecule has 7 rings (SSSR count). The first-order valence-electron chi connectivity index (χ1n) is 20.6. The van der Waals surface area contributed by atoms with Gasteiger partial charge in [-0.1, -0.05) is 48.3 Å². The highest BCUT2D eigenvalue weighted by atomic mass is 32.2. The van der Waals surface area contributed by atoms with Crippen molar-refractivity contribution in [2.75, 3.05) is 32.2 Å². The third-order valence-electron chi connectivity index (χ3n) is 11.7. The number of aryl methyl sites for hydroxylation is 1. The SMILES string of the molecule is C=CCOC12Oc3ccc(OCc4ccccc4F)cc3C3C(CCCCO)C(CCCCO)C=C(C(=NOC4CCCCO4)CC1SCCc1cnccn1)C32. The van der Waals surface area contributed by atoms with Crippen LogP contribution in [-0.4, -0.2) is 75.4 Å². The van der Waals surface area contributed by atoms with Crippen LogP contribution in [0.3, 0.4) is 0 Å². The normalized spacial score (nSPS) is 27.1. The zero-order valence-electron chi connectivity index (χ0n) is 32.7. The van der Waals surface area contributed by atoms with Crippen LogP contribution in [0.2, 0.25) is 0 Å². The van der Waals surface area contributed by atoms with Gasteiger partial charge < -0.3 is 34.0 Å². The van der Waals surface area contributed by atoms with Crippen molar-refractivity contribution in [3.05, 3.63) is 108 Å². The van der Waals surface area contributed by atoms with Gasteiger partial charge in [-0.25, -0.2) is 4.39 Å². The van der Waals surface area contributed by atoms with E-state index in [-0.39, 0.29) is 61.2 Å². The predicted molar refractivity (Wildman–Crippen MR) is 219 cm³/mol. The summed E-state index contributed by atoms with van der Waals surface area (Å²) in [5, 5.41) is 24.5. The molecule has 0 amide bonds. The number of nitrogens with zero attached hydrogens (tertiary/aromatic N) is 3. The van der Waals surface area contributed by atoms with E-state index in [4.69, 9.17) is 28.9 Å². The number of allylic oxidation sites excluding steroid dienone is 1. The minimum Gasteiger partial charge on any atom is -0.489 e. The van der Waals surface area contributed by atoms with Crippen molar-refractivity contribution in [2.24, 2.45) is 22.9 Å². The van der Waals surface area contributed by atoms with Crippen molar-refractivity contribution in [3.8, 4) is 11.5 Å². The average molecular weight is 802 g/mol. The molecule has 1 saturated heterocycles. The van der Waals surface area contributed by atoms with Crippen LogP contribution >= 0.6 is 11.8 Å². The Morgan fingerprint density at radius 1 is 1.05 bits per heavy atom. The third-order valence-corrected chi connectivity index (χ3v) is 13.0. The molecule has 0 radical (unpaired) electrons. The van der Waals surface area contributed by atoms with Gasteiger partial charge in [0, 0.05) is 68.1 Å². The first-order valence-corrected chi connectivity index (χ1v) is 21.7. The van der Waals surface area contributed by atoms with Crippen LogP contribution in [0.5, 0.6) is 11.5 Å². The first-order chi connectivity index (χ1) is 28.0. The van der Waals surface area contributed by atoms with Crippen LogP contribution in [0.15, 0.2) is 90.5 Å². The highest BCUT2D eigenvalue weighted by Crippen LogP contribution is 2.62. The largest absolute Gasteiger partial charge is 0.489 e. The monoisotopic (exact) mass is 801 g/mol. The zero-order valence-corrected chi connectivity index (χ0v) is 33.5. The Labute approximate surface area is 339 Å². The van der Waals surface area contributed by atoms with Crippen molar-refractivity contribution >= 4 is 17.5 Å². The maximum atomic E-state index is 14.7. The molecule has 1 aromatic heterocycles. The van der Waals surface area contributed by atoms with Crippen LogP contribution in [0.4, 0.5) is 4.39 Å². The van der Waals surface area contributed by atoms with Crippen LogP contribution < -0.4 is 9.47 Å². The quantitative estimate of drug-likeness (QED) is 0.0655. The number of thioether (sulfide) groups is 1. The number of aliphatic hydroxyl groups excluding tert-OH is 2. The smallest absolute Gasteiger partial charge is 0.230 e. The molecule has 2 aliphatic carbocycles. The molecule has 2 aliphatic heterocycles. The van der Waals surface area contributed by atoms with E-state index in [0.717, 1.165) is 85.4 Å². The lowest BCUT2D eigenvalue weighted by Gasteiger charge is -2.58. The van der Waals surface area contributed by atoms with Crippen molar-refractivity contribution in [2.45, 2.75) is 100 Å². The summed E-state index contributed by atoms with van der Waals surface area (Å²) >= 11 is 1.79. The maximum absolute atomic E-state index is 14.7. The van der Waals surface area contributed by atoms with E-state index in [0.29, 0.717) is 37.2 Å². The molecule has 10 nitrogen and oxygen atoms in total. The number of aliphatic hydroxyl groups is 2. The zero-order chi connectivity index (χ0) is 39.5. The second-order valence-corrected chi connectivity index (χ2v) is 16.7. The second-order valence-electron chi connectivity index (χ2n) is 15.3. The van der Waals surface area contributed by atoms with Gasteiger partial charge in [0.25, 0.3) is 0 Å². The Morgan fingerprint density at radius 3 is 2.68 bits per heavy atom. The minimum absolute atomic E-state index is 0.0869. The van der Waals surface area contributed by atoms with Crippen LogP contribution in [0, 0.1) is 23.6 Å². The fourth-order valence-corrected chi connectivity index (χ4v) is 10.4. The van der Waals surface area contributed by atoms with E-state index in [9.17, 15) is 14.6 Å². The van der Waals surface area contributed by atoms with Crippen molar-refractivity contribution in [1.29, 1.82) is 0 Å². The third kappa shape index (κ3) is 9.74. The molecule has 2 aromatic carbocycles. The van der Waals surface area contributed by atoms with E-state index >= 15 is 0 Å². The van der Waals surface area contributed by atoms with E-state index in [1.807, 2.05) is 18.2 Å². The van der Waals surface area contributed by atoms with Gasteiger partial charge >= 0.3 is 0 Å². The average Bonchev–Trinajstić information content (AvgIpc) is 3.24. The highest BCUT2D eigenvalue weighted by molar-refractivity contribution is 8.00. The van der Waals surface area contributed by atoms with Crippen LogP contribution in [0.1, 0.15) is 86.9 Å². The number of hydrogen-bond acceptors (Lipinski definition) is 11. The molecule has 3 aromatic rings. The van der Waals surface area contributed by atoms with Crippen molar-refractivity contribution < 1.29 is 38.4 Å². The summed E-state index contributed by atoms with van der Waals surface area (Å²) in [6.07, 6.45) is 17.9. The lowest BCUT2D eigenvalue weighted by molar-refractivity contribution is -0.223. The van der Waals surface area contributed by atoms with Crippen molar-refractivity contribution in [1.82, 2.24) is 9.97 Å². The van der Waals surface area contributed by atoms with Gasteiger partial charge in [0.2, 0.25) is 12.1 Å². The summed E-state index contributed by atoms with van der Waals surface area (Å²) in [4.78, 5) is 15.0. The molecule has 4 aliphatic rings. The predicted octanol–water partition coefficient (Wildman–Crippen LogP) is 8.33. The lowest BCUT2D eigenvalue weighted by atomic mass is 9.56. The number of oxime groups is 1. The number of fused-ring (bicyclic) bond motifs is 2. The van der Waals surface area contributed by atoms with E-state index in [2.05, 4.69) is 28.7 Å². The topological polar surface area (TPSA) is 125 Å². The maximum Gasteiger partial charge on any atom is 0.230 e. The molecule has 2 N–H and O–H groups in total. The van der Waals surface area contributed by atoms with Gasteiger partial charge in [0.15, 0.2) is 0 Å². The fourth-order valence-electron chi connectivity index (χ4n) is 9.02. The van der Waals surface area contributed by atoms with E-state index < -0.39 is 12.1 Å². The van der Waals surface area contributed by atoms with Gasteiger partial charge in [-0.2, -0.15) is 11.8 Å². The van der Waals surface area contributed by atoms with Crippen LogP contribution in [-0.2, 0) is 27.3 Å². The molecule has 12 heteroatoms. The molecular formula is C45H56FN3O7S. The summed E-state index contributed by atoms with van der Waals surface area (Å²) < 4.78 is 41.3. The van der Waals surface area contributed by atoms with Gasteiger partial charge in [-0.15, -0.1) is 6.58 Å². The number of benzene rings is 2. The van der Waals surface area contributed by atoms with Gasteiger partial charge in [0.05, 0.1) is 35.8 Å². The Hall–Kier alpha value is -3.81. The molecule has 2 fully saturated rings. The van der Waals surface area contributed by atoms with Gasteiger partial charge in [0.1, 0.15) is 23.9 Å². The Balaban J connectivity index is 1.34. The van der Waals surface area contributed by atoms with E-state index in [1.165, 1.54) is 6.07 Å². The van der Waals surface area contributed by atoms with Crippen molar-refractivity contribution in [3.63, 3.8) is 0 Å². The highest BCUT2D eigenvalue weighted by Gasteiger charge is 2.64. The molecule has 306 valence electrons. The molecule has 0 spiro atoms. The summed E-state index contributed by atoms with van der Waals surface area (Å²) in [6, 6.07) is 12.6. The molecule has 0 bridgehead atoms. The number of hydrogen-bond donors (Lipinski definition) is 2. The number of ether oxygens (including phenoxy) is 4. The molecule has 7 unspecified atom stereocenters. The molecule has 7 atom stereocenters. The number of unbranched alkanes of at least 4 members (excludes halogenated alkanes) is 2. The molecule has 1 saturated carbocycles. The summed E-state index contributed by atoms with van der Waals surface area (Å²) in [6.45, 7) is 5.32. The second kappa shape index (κ2) is 20.2. The number of rotatable bonds is 20. The Morgan fingerprint density at radius 2 is 1.91 bits per heavy atom. The number of halogens is 1. The Bertz CT molecular complexity index is 1830. The Kier molecular flexibility index (Phi) is 14.7. The van der Waals surface area contributed by atoms with Crippen LogP contribution in [0.25, 0.3) is 0 Å². The molecule has 57 heavy (non-hydrogen) atoms. The molecular weight excluding hydrogens is 746 g/mol. The summed E-state index contributed by atoms with van der Waals surface area (Å²) in [5.41, 5.74) is 4.33. The first kappa shape index (κ1) is 41.4. The van der Waals surface area contributed by atoms with E-state index in [1.54, 1.807) is 48.6 Å². The van der Waals surface area contributed by atoms with Gasteiger partial charge in [-0.05, 0) is 86.0 Å². The lowest BCUT2D eigenvalue weighted by Crippen LogP contribution is -2.64. The number of aromatic nitrogens is 2.